The van der Waals surface area contributed by atoms with E-state index in [4.69, 9.17) is 4.74 Å². The molecule has 2 fully saturated rings. The molecule has 0 N–H and O–H groups in total. The molecule has 0 radical (unpaired) electrons. The van der Waals surface area contributed by atoms with Crippen molar-refractivity contribution in [2.24, 2.45) is 0 Å². The number of amides is 1. The first-order valence-electron chi connectivity index (χ1n) is 9.32. The summed E-state index contributed by atoms with van der Waals surface area (Å²) in [5.74, 6) is 0.485. The monoisotopic (exact) mass is 395 g/mol. The average molecular weight is 396 g/mol. The molecule has 1 aromatic rings. The third-order valence-corrected chi connectivity index (χ3v) is 6.52. The van der Waals surface area contributed by atoms with Crippen molar-refractivity contribution >= 4 is 36.1 Å². The average Bonchev–Trinajstić information content (AvgIpc) is 3.24. The Labute approximate surface area is 166 Å². The largest absolute Gasteiger partial charge is 0.350 e. The molecule has 2 aliphatic heterocycles. The molecule has 0 saturated carbocycles. The van der Waals surface area contributed by atoms with Crippen LogP contribution in [0.15, 0.2) is 30.3 Å². The minimum absolute atomic E-state index is 0.153. The van der Waals surface area contributed by atoms with Crippen LogP contribution in [0.2, 0.25) is 0 Å². The van der Waals surface area contributed by atoms with E-state index in [-0.39, 0.29) is 23.0 Å². The lowest BCUT2D eigenvalue weighted by Crippen LogP contribution is -2.51. The number of rotatable bonds is 5. The van der Waals surface area contributed by atoms with Crippen LogP contribution in [0.1, 0.15) is 45.6 Å². The molecule has 0 aliphatic carbocycles. The molecule has 2 aliphatic rings. The number of likely N-dealkylation sites (tertiary alicyclic amines) is 1. The summed E-state index contributed by atoms with van der Waals surface area (Å²) in [6.07, 6.45) is 2.58. The molecule has 0 spiro atoms. The van der Waals surface area contributed by atoms with Gasteiger partial charge in [-0.25, -0.2) is 0 Å². The first-order valence-corrected chi connectivity index (χ1v) is 10.8. The van der Waals surface area contributed by atoms with Gasteiger partial charge in [-0.15, -0.1) is 24.4 Å². The van der Waals surface area contributed by atoms with Crippen LogP contribution in [-0.2, 0) is 20.9 Å². The summed E-state index contributed by atoms with van der Waals surface area (Å²) in [6.45, 7) is 7.08. The Kier molecular flexibility index (Phi) is 8.05. The fourth-order valence-corrected chi connectivity index (χ4v) is 4.63. The summed E-state index contributed by atoms with van der Waals surface area (Å²) in [6, 6.07) is 9.44. The minimum Gasteiger partial charge on any atom is -0.350 e. The predicted octanol–water partition coefficient (Wildman–Crippen LogP) is 3.94. The molecule has 6 heteroatoms. The van der Waals surface area contributed by atoms with Gasteiger partial charge in [-0.1, -0.05) is 57.5 Å². The smallest absolute Gasteiger partial charge is 0.265 e. The number of nitrogens with zero attached hydrogens (tertiary/aromatic N) is 1. The highest BCUT2D eigenvalue weighted by atomic mass is 32.2. The first kappa shape index (κ1) is 21.3. The molecule has 4 nitrogen and oxygen atoms in total. The number of thiol groups is 1. The predicted molar refractivity (Wildman–Crippen MR) is 111 cm³/mol. The van der Waals surface area contributed by atoms with Crippen molar-refractivity contribution in [1.29, 1.82) is 0 Å². The molecule has 2 heterocycles. The lowest BCUT2D eigenvalue weighted by Gasteiger charge is -2.33. The molecule has 3 atom stereocenters. The Bertz CT molecular complexity index is 610. The highest BCUT2D eigenvalue weighted by Gasteiger charge is 2.50. The van der Waals surface area contributed by atoms with E-state index >= 15 is 0 Å². The number of carbonyl (C=O) groups is 2. The zero-order valence-electron chi connectivity index (χ0n) is 15.8. The lowest BCUT2D eigenvalue weighted by atomic mass is 10.1. The van der Waals surface area contributed by atoms with Crippen LogP contribution >= 0.6 is 24.4 Å². The number of hydrogen-bond donors (Lipinski definition) is 1. The van der Waals surface area contributed by atoms with Crippen molar-refractivity contribution in [2.75, 3.05) is 12.3 Å². The van der Waals surface area contributed by atoms with E-state index in [1.165, 1.54) is 6.42 Å². The quantitative estimate of drug-likeness (QED) is 0.606. The summed E-state index contributed by atoms with van der Waals surface area (Å²) in [4.78, 5) is 25.6. The zero-order chi connectivity index (χ0) is 19.2. The Hall–Kier alpha value is -0.980. The van der Waals surface area contributed by atoms with Gasteiger partial charge in [0.1, 0.15) is 6.04 Å². The highest BCUT2D eigenvalue weighted by Crippen LogP contribution is 2.38. The van der Waals surface area contributed by atoms with Crippen LogP contribution in [0.4, 0.5) is 0 Å². The van der Waals surface area contributed by atoms with Crippen LogP contribution in [0, 0.1) is 0 Å². The Balaban J connectivity index is 0.000000758. The third kappa shape index (κ3) is 4.84. The van der Waals surface area contributed by atoms with E-state index in [1.54, 1.807) is 16.7 Å². The van der Waals surface area contributed by atoms with Crippen LogP contribution in [0.3, 0.4) is 0 Å². The van der Waals surface area contributed by atoms with Gasteiger partial charge in [0.2, 0.25) is 0 Å². The minimum atomic E-state index is -1.18. The molecule has 144 valence electrons. The van der Waals surface area contributed by atoms with Crippen molar-refractivity contribution in [3.05, 3.63) is 35.9 Å². The Morgan fingerprint density at radius 2 is 1.96 bits per heavy atom. The van der Waals surface area contributed by atoms with Crippen molar-refractivity contribution in [3.8, 4) is 0 Å². The molecule has 1 amide bonds. The van der Waals surface area contributed by atoms with Crippen molar-refractivity contribution in [3.63, 3.8) is 0 Å². The molecule has 2 unspecified atom stereocenters. The molecule has 1 aromatic carbocycles. The van der Waals surface area contributed by atoms with E-state index in [0.29, 0.717) is 25.3 Å². The summed E-state index contributed by atoms with van der Waals surface area (Å²) >= 11 is 6.21. The topological polar surface area (TPSA) is 46.6 Å². The summed E-state index contributed by atoms with van der Waals surface area (Å²) < 4.78 is 5.88. The maximum absolute atomic E-state index is 13.0. The van der Waals surface area contributed by atoms with Crippen LogP contribution in [0.5, 0.6) is 0 Å². The first-order chi connectivity index (χ1) is 12.5. The number of ketones is 1. The molecule has 3 rings (SSSR count). The second-order valence-corrected chi connectivity index (χ2v) is 8.62. The number of benzene rings is 1. The van der Waals surface area contributed by atoms with Gasteiger partial charge >= 0.3 is 0 Å². The number of Topliss-reactive ketones (excluding diaryl/α,β-unsaturated/α-hetero) is 1. The number of carbonyl (C=O) groups excluding carboxylic acids is 2. The van der Waals surface area contributed by atoms with Gasteiger partial charge in [0.15, 0.2) is 10.7 Å². The van der Waals surface area contributed by atoms with E-state index in [9.17, 15) is 9.59 Å². The molecular weight excluding hydrogens is 366 g/mol. The Morgan fingerprint density at radius 1 is 1.31 bits per heavy atom. The van der Waals surface area contributed by atoms with Crippen LogP contribution in [-0.4, -0.2) is 45.1 Å². The highest BCUT2D eigenvalue weighted by molar-refractivity contribution is 8.01. The van der Waals surface area contributed by atoms with Gasteiger partial charge in [0.25, 0.3) is 5.91 Å². The van der Waals surface area contributed by atoms with E-state index in [0.717, 1.165) is 12.0 Å². The standard InChI is InChI=1S/C17H21NO3S2.C3H8/c1-2-17(22,21-10-12-6-4-3-5-7-12)16(20)18-9-8-14-15(18)13(19)11-23-14;1-3-2/h3-7,14-15,22H,2,8-11H2,1H3;3H2,1-2H3/t14?,15?,17-;/m0./s1. The third-order valence-electron chi connectivity index (χ3n) is 4.51. The van der Waals surface area contributed by atoms with Crippen LogP contribution < -0.4 is 0 Å². The van der Waals surface area contributed by atoms with Crippen molar-refractivity contribution in [2.45, 2.75) is 62.9 Å². The second-order valence-electron chi connectivity index (χ2n) is 6.67. The van der Waals surface area contributed by atoms with Gasteiger partial charge < -0.3 is 9.64 Å². The molecule has 2 saturated heterocycles. The zero-order valence-corrected chi connectivity index (χ0v) is 17.5. The second kappa shape index (κ2) is 9.81. The number of ether oxygens (including phenoxy) is 1. The van der Waals surface area contributed by atoms with Gasteiger partial charge in [0, 0.05) is 11.8 Å². The van der Waals surface area contributed by atoms with Gasteiger partial charge in [-0.05, 0) is 18.4 Å². The summed E-state index contributed by atoms with van der Waals surface area (Å²) in [5.41, 5.74) is 0.999. The molecule has 0 aromatic heterocycles. The fraction of sp³-hybridized carbons (Fsp3) is 0.600. The van der Waals surface area contributed by atoms with Crippen molar-refractivity contribution in [1.82, 2.24) is 4.90 Å². The van der Waals surface area contributed by atoms with E-state index in [2.05, 4.69) is 26.5 Å². The number of hydrogen-bond acceptors (Lipinski definition) is 5. The van der Waals surface area contributed by atoms with E-state index < -0.39 is 4.93 Å². The normalized spacial score (nSPS) is 23.8. The van der Waals surface area contributed by atoms with Gasteiger partial charge in [0.05, 0.1) is 12.4 Å². The number of thioether (sulfide) groups is 1. The maximum atomic E-state index is 13.0. The molecular formula is C20H29NO3S2. The summed E-state index contributed by atoms with van der Waals surface area (Å²) in [5, 5.41) is 0.245. The molecule has 0 bridgehead atoms. The van der Waals surface area contributed by atoms with Crippen molar-refractivity contribution < 1.29 is 14.3 Å². The van der Waals surface area contributed by atoms with E-state index in [1.807, 2.05) is 37.3 Å². The number of fused-ring (bicyclic) bond motifs is 1. The SMILES string of the molecule is CCC.CC[C@@](S)(OCc1ccccc1)C(=O)N1CCC2SCC(=O)C21. The van der Waals surface area contributed by atoms with Crippen LogP contribution in [0.25, 0.3) is 0 Å². The maximum Gasteiger partial charge on any atom is 0.265 e. The Morgan fingerprint density at radius 3 is 2.58 bits per heavy atom. The fourth-order valence-electron chi connectivity index (χ4n) is 3.14. The molecule has 26 heavy (non-hydrogen) atoms. The van der Waals surface area contributed by atoms with Gasteiger partial charge in [-0.2, -0.15) is 0 Å². The van der Waals surface area contributed by atoms with Gasteiger partial charge in [-0.3, -0.25) is 9.59 Å². The summed E-state index contributed by atoms with van der Waals surface area (Å²) in [7, 11) is 0. The lowest BCUT2D eigenvalue weighted by molar-refractivity contribution is -0.151.